The van der Waals surface area contributed by atoms with Gasteiger partial charge in [0.1, 0.15) is 5.75 Å². The quantitative estimate of drug-likeness (QED) is 0.919. The lowest BCUT2D eigenvalue weighted by molar-refractivity contribution is -0.275. The lowest BCUT2D eigenvalue weighted by atomic mass is 9.95. The second-order valence-electron chi connectivity index (χ2n) is 4.15. The number of rotatable bonds is 3. The van der Waals surface area contributed by atoms with Crippen LogP contribution in [0.1, 0.15) is 18.1 Å². The minimum absolute atomic E-state index is 0.00650. The van der Waals surface area contributed by atoms with Gasteiger partial charge in [-0.3, -0.25) is 0 Å². The molecule has 0 aromatic heterocycles. The van der Waals surface area contributed by atoms with Crippen molar-refractivity contribution in [2.75, 3.05) is 11.5 Å². The summed E-state index contributed by atoms with van der Waals surface area (Å²) in [4.78, 5) is 0. The molecule has 0 saturated carbocycles. The number of thioether (sulfide) groups is 1. The van der Waals surface area contributed by atoms with E-state index in [0.29, 0.717) is 0 Å². The summed E-state index contributed by atoms with van der Waals surface area (Å²) in [5.74, 6) is 1.38. The van der Waals surface area contributed by atoms with E-state index >= 15 is 0 Å². The molecule has 0 spiro atoms. The summed E-state index contributed by atoms with van der Waals surface area (Å²) < 4.78 is 40.7. The van der Waals surface area contributed by atoms with Gasteiger partial charge in [-0.2, -0.15) is 11.8 Å². The van der Waals surface area contributed by atoms with Crippen molar-refractivity contribution in [1.82, 2.24) is 0 Å². The molecule has 100 valence electrons. The van der Waals surface area contributed by atoms with E-state index < -0.39 is 12.5 Å². The van der Waals surface area contributed by atoms with Crippen molar-refractivity contribution in [3.05, 3.63) is 29.8 Å². The smallest absolute Gasteiger partial charge is 0.405 e. The van der Waals surface area contributed by atoms with Crippen molar-refractivity contribution in [2.24, 2.45) is 5.92 Å². The Morgan fingerprint density at radius 2 is 2.06 bits per heavy atom. The minimum Gasteiger partial charge on any atom is -0.405 e. The van der Waals surface area contributed by atoms with E-state index in [9.17, 15) is 18.3 Å². The first-order valence-electron chi connectivity index (χ1n) is 5.58. The van der Waals surface area contributed by atoms with Crippen molar-refractivity contribution in [1.29, 1.82) is 0 Å². The minimum atomic E-state index is -4.74. The molecule has 1 aromatic rings. The molecule has 6 heteroatoms. The topological polar surface area (TPSA) is 29.5 Å². The van der Waals surface area contributed by atoms with Gasteiger partial charge < -0.3 is 9.84 Å². The van der Waals surface area contributed by atoms with E-state index in [1.165, 1.54) is 18.2 Å². The van der Waals surface area contributed by atoms with E-state index in [0.717, 1.165) is 17.9 Å². The maximum atomic E-state index is 12.3. The lowest BCUT2D eigenvalue weighted by Crippen LogP contribution is -2.20. The van der Waals surface area contributed by atoms with Crippen LogP contribution in [0, 0.1) is 5.92 Å². The first kappa shape index (κ1) is 13.5. The summed E-state index contributed by atoms with van der Waals surface area (Å²) >= 11 is 1.70. The Labute approximate surface area is 107 Å². The maximum absolute atomic E-state index is 12.3. The molecule has 1 saturated heterocycles. The number of hydrogen-bond donors (Lipinski definition) is 1. The predicted octanol–water partition coefficient (Wildman–Crippen LogP) is 3.37. The Hall–Kier alpha value is -0.880. The van der Waals surface area contributed by atoms with Crippen LogP contribution in [-0.4, -0.2) is 23.0 Å². The monoisotopic (exact) mass is 278 g/mol. The normalized spacial score (nSPS) is 21.9. The van der Waals surface area contributed by atoms with E-state index in [1.807, 2.05) is 0 Å². The van der Waals surface area contributed by atoms with Gasteiger partial charge in [-0.05, 0) is 29.9 Å². The molecule has 2 nitrogen and oxygen atoms in total. The first-order chi connectivity index (χ1) is 8.47. The number of alkyl halides is 3. The van der Waals surface area contributed by atoms with Crippen molar-refractivity contribution in [3.8, 4) is 5.75 Å². The zero-order chi connectivity index (χ0) is 13.2. The number of aliphatic hydroxyl groups excluding tert-OH is 1. The highest BCUT2D eigenvalue weighted by Gasteiger charge is 2.34. The fourth-order valence-corrected chi connectivity index (χ4v) is 3.29. The lowest BCUT2D eigenvalue weighted by Gasteiger charge is -2.21. The third kappa shape index (κ3) is 3.32. The summed E-state index contributed by atoms with van der Waals surface area (Å²) in [6.07, 6.45) is -4.83. The number of hydrogen-bond acceptors (Lipinski definition) is 3. The average Bonchev–Trinajstić information content (AvgIpc) is 2.80. The van der Waals surface area contributed by atoms with Crippen molar-refractivity contribution < 1.29 is 23.0 Å². The first-order valence-corrected chi connectivity index (χ1v) is 6.73. The molecule has 2 rings (SSSR count). The highest BCUT2D eigenvalue weighted by molar-refractivity contribution is 7.99. The van der Waals surface area contributed by atoms with Gasteiger partial charge in [0.2, 0.25) is 0 Å². The third-order valence-electron chi connectivity index (χ3n) is 2.87. The van der Waals surface area contributed by atoms with Crippen LogP contribution >= 0.6 is 11.8 Å². The zero-order valence-corrected chi connectivity index (χ0v) is 10.3. The second kappa shape index (κ2) is 5.40. The molecule has 0 bridgehead atoms. The Kier molecular flexibility index (Phi) is 4.07. The molecule has 1 heterocycles. The fraction of sp³-hybridized carbons (Fsp3) is 0.500. The molecular weight excluding hydrogens is 265 g/mol. The average molecular weight is 278 g/mol. The van der Waals surface area contributed by atoms with E-state index in [-0.39, 0.29) is 17.2 Å². The summed E-state index contributed by atoms with van der Waals surface area (Å²) in [7, 11) is 0. The number of para-hydroxylation sites is 1. The number of ether oxygens (including phenoxy) is 1. The van der Waals surface area contributed by atoms with Crippen LogP contribution in [0.5, 0.6) is 5.75 Å². The van der Waals surface area contributed by atoms with Crippen LogP contribution in [0.25, 0.3) is 0 Å². The van der Waals surface area contributed by atoms with Crippen molar-refractivity contribution >= 4 is 11.8 Å². The molecule has 1 N–H and O–H groups in total. The molecule has 1 aromatic carbocycles. The highest BCUT2D eigenvalue weighted by Crippen LogP contribution is 2.38. The standard InChI is InChI=1S/C12H13F3O2S/c13-12(14,15)17-10-4-2-1-3-9(10)11(16)8-5-6-18-7-8/h1-4,8,11,16H,5-7H2. The molecule has 2 atom stereocenters. The third-order valence-corrected chi connectivity index (χ3v) is 4.06. The molecule has 1 aliphatic heterocycles. The van der Waals surface area contributed by atoms with Crippen LogP contribution in [0.15, 0.2) is 24.3 Å². The molecule has 0 radical (unpaired) electrons. The Morgan fingerprint density at radius 1 is 1.33 bits per heavy atom. The van der Waals surface area contributed by atoms with Crippen LogP contribution in [0.4, 0.5) is 13.2 Å². The molecule has 0 aliphatic carbocycles. The highest BCUT2D eigenvalue weighted by atomic mass is 32.2. The van der Waals surface area contributed by atoms with Gasteiger partial charge in [-0.25, -0.2) is 0 Å². The van der Waals surface area contributed by atoms with Crippen LogP contribution in [0.3, 0.4) is 0 Å². The van der Waals surface area contributed by atoms with Crippen LogP contribution in [-0.2, 0) is 0 Å². The fourth-order valence-electron chi connectivity index (χ4n) is 2.00. The number of benzene rings is 1. The van der Waals surface area contributed by atoms with Crippen molar-refractivity contribution in [2.45, 2.75) is 18.9 Å². The molecule has 2 unspecified atom stereocenters. The molecule has 1 fully saturated rings. The summed E-state index contributed by atoms with van der Waals surface area (Å²) in [5, 5.41) is 10.1. The van der Waals surface area contributed by atoms with Crippen LogP contribution < -0.4 is 4.74 Å². The van der Waals surface area contributed by atoms with Gasteiger partial charge in [0.05, 0.1) is 6.10 Å². The second-order valence-corrected chi connectivity index (χ2v) is 5.30. The summed E-state index contributed by atoms with van der Waals surface area (Å²) in [5.41, 5.74) is 0.210. The van der Waals surface area contributed by atoms with Crippen LogP contribution in [0.2, 0.25) is 0 Å². The van der Waals surface area contributed by atoms with Gasteiger partial charge >= 0.3 is 6.36 Å². The molecule has 0 amide bonds. The predicted molar refractivity (Wildman–Crippen MR) is 63.5 cm³/mol. The van der Waals surface area contributed by atoms with Gasteiger partial charge in [-0.1, -0.05) is 18.2 Å². The van der Waals surface area contributed by atoms with Gasteiger partial charge in [0, 0.05) is 5.56 Å². The van der Waals surface area contributed by atoms with Gasteiger partial charge in [0.15, 0.2) is 0 Å². The van der Waals surface area contributed by atoms with E-state index in [4.69, 9.17) is 0 Å². The number of halogens is 3. The van der Waals surface area contributed by atoms with Gasteiger partial charge in [-0.15, -0.1) is 13.2 Å². The molecule has 1 aliphatic rings. The molecular formula is C12H13F3O2S. The Bertz CT molecular complexity index is 403. The Morgan fingerprint density at radius 3 is 2.67 bits per heavy atom. The number of aliphatic hydroxyl groups is 1. The zero-order valence-electron chi connectivity index (χ0n) is 9.48. The van der Waals surface area contributed by atoms with Gasteiger partial charge in [0.25, 0.3) is 0 Å². The van der Waals surface area contributed by atoms with Crippen molar-refractivity contribution in [3.63, 3.8) is 0 Å². The largest absolute Gasteiger partial charge is 0.573 e. The Balaban J connectivity index is 2.20. The summed E-state index contributed by atoms with van der Waals surface area (Å²) in [6.45, 7) is 0. The SMILES string of the molecule is OC(c1ccccc1OC(F)(F)F)C1CCSC1. The van der Waals surface area contributed by atoms with E-state index in [2.05, 4.69) is 4.74 Å². The van der Waals surface area contributed by atoms with E-state index in [1.54, 1.807) is 17.8 Å². The molecule has 18 heavy (non-hydrogen) atoms. The summed E-state index contributed by atoms with van der Waals surface area (Å²) in [6, 6.07) is 5.77. The maximum Gasteiger partial charge on any atom is 0.573 e.